The minimum absolute atomic E-state index is 0.151. The van der Waals surface area contributed by atoms with E-state index in [0.29, 0.717) is 17.0 Å². The number of benzene rings is 1. The first-order valence-electron chi connectivity index (χ1n) is 6.02. The molecule has 0 unspecified atom stereocenters. The van der Waals surface area contributed by atoms with E-state index in [4.69, 9.17) is 0 Å². The molecule has 100 valence electrons. The third kappa shape index (κ3) is 2.11. The van der Waals surface area contributed by atoms with E-state index in [-0.39, 0.29) is 11.6 Å². The van der Waals surface area contributed by atoms with Crippen molar-refractivity contribution in [3.63, 3.8) is 0 Å². The molecular weight excluding hydrogens is 259 g/mol. The number of aryl methyl sites for hydroxylation is 1. The van der Waals surface area contributed by atoms with Gasteiger partial charge in [0.05, 0.1) is 11.3 Å². The highest BCUT2D eigenvalue weighted by Gasteiger charge is 2.10. The normalized spacial score (nSPS) is 10.7. The van der Waals surface area contributed by atoms with Gasteiger partial charge >= 0.3 is 0 Å². The second kappa shape index (κ2) is 4.73. The minimum atomic E-state index is -0.470. The van der Waals surface area contributed by atoms with Crippen molar-refractivity contribution in [1.29, 1.82) is 0 Å². The van der Waals surface area contributed by atoms with Crippen LogP contribution in [0.4, 0.5) is 10.1 Å². The van der Waals surface area contributed by atoms with Crippen molar-refractivity contribution in [3.8, 4) is 0 Å². The average Bonchev–Trinajstić information content (AvgIpc) is 2.82. The van der Waals surface area contributed by atoms with Crippen LogP contribution >= 0.6 is 0 Å². The summed E-state index contributed by atoms with van der Waals surface area (Å²) >= 11 is 0. The molecule has 1 N–H and O–H groups in total. The quantitative estimate of drug-likeness (QED) is 0.778. The molecule has 0 saturated carbocycles. The van der Waals surface area contributed by atoms with Crippen molar-refractivity contribution in [3.05, 3.63) is 59.8 Å². The molecule has 0 aliphatic carbocycles. The number of carbonyl (C=O) groups excluding carboxylic acids is 1. The summed E-state index contributed by atoms with van der Waals surface area (Å²) in [6.07, 6.45) is 1.63. The summed E-state index contributed by atoms with van der Waals surface area (Å²) in [7, 11) is 0. The first-order valence-corrected chi connectivity index (χ1v) is 6.02. The van der Waals surface area contributed by atoms with Crippen LogP contribution in [-0.2, 0) is 0 Å². The van der Waals surface area contributed by atoms with Crippen LogP contribution in [0.5, 0.6) is 0 Å². The molecule has 1 amide bonds. The van der Waals surface area contributed by atoms with Crippen LogP contribution in [0.25, 0.3) is 5.65 Å². The first-order chi connectivity index (χ1) is 9.65. The summed E-state index contributed by atoms with van der Waals surface area (Å²) in [5, 5.41) is 10.4. The topological polar surface area (TPSA) is 59.3 Å². The summed E-state index contributed by atoms with van der Waals surface area (Å²) in [6, 6.07) is 9.35. The predicted molar refractivity (Wildman–Crippen MR) is 72.1 cm³/mol. The van der Waals surface area contributed by atoms with Gasteiger partial charge in [-0.25, -0.2) is 4.39 Å². The molecule has 0 aliphatic heterocycles. The number of nitrogens with zero attached hydrogens (tertiary/aromatic N) is 3. The van der Waals surface area contributed by atoms with Crippen molar-refractivity contribution in [2.75, 3.05) is 5.32 Å². The van der Waals surface area contributed by atoms with Crippen LogP contribution in [0.3, 0.4) is 0 Å². The van der Waals surface area contributed by atoms with Crippen LogP contribution in [0.15, 0.2) is 42.6 Å². The number of amides is 1. The second-order valence-electron chi connectivity index (χ2n) is 4.33. The third-order valence-electron chi connectivity index (χ3n) is 2.96. The molecule has 3 aromatic rings. The molecule has 2 heterocycles. The molecule has 0 aliphatic rings. The Morgan fingerprint density at radius 3 is 2.80 bits per heavy atom. The lowest BCUT2D eigenvalue weighted by Crippen LogP contribution is -2.13. The monoisotopic (exact) mass is 270 g/mol. The number of hydrogen-bond acceptors (Lipinski definition) is 3. The fraction of sp³-hybridized carbons (Fsp3) is 0.0714. The highest BCUT2D eigenvalue weighted by molar-refractivity contribution is 6.04. The van der Waals surface area contributed by atoms with Gasteiger partial charge in [0.2, 0.25) is 0 Å². The molecular formula is C14H11FN4O. The molecule has 0 spiro atoms. The molecule has 0 atom stereocenters. The van der Waals surface area contributed by atoms with Gasteiger partial charge in [-0.1, -0.05) is 12.1 Å². The largest absolute Gasteiger partial charge is 0.319 e. The third-order valence-corrected chi connectivity index (χ3v) is 2.96. The number of rotatable bonds is 2. The van der Waals surface area contributed by atoms with E-state index in [2.05, 4.69) is 15.5 Å². The maximum absolute atomic E-state index is 13.5. The average molecular weight is 270 g/mol. The Labute approximate surface area is 114 Å². The summed E-state index contributed by atoms with van der Waals surface area (Å²) in [6.45, 7) is 1.79. The maximum atomic E-state index is 13.5. The van der Waals surface area contributed by atoms with Crippen LogP contribution in [0.1, 0.15) is 16.2 Å². The molecule has 5 nitrogen and oxygen atoms in total. The lowest BCUT2D eigenvalue weighted by atomic mass is 10.2. The number of fused-ring (bicyclic) bond motifs is 1. The standard InChI is InChI=1S/C14H11FN4O/c1-9-17-18-13-7-6-10(8-19(9)13)14(20)16-12-5-3-2-4-11(12)15/h2-8H,1H3,(H,16,20). The smallest absolute Gasteiger partial charge is 0.257 e. The lowest BCUT2D eigenvalue weighted by molar-refractivity contribution is 0.102. The Morgan fingerprint density at radius 1 is 1.20 bits per heavy atom. The molecule has 0 saturated heterocycles. The summed E-state index contributed by atoms with van der Waals surface area (Å²) in [5.41, 5.74) is 1.21. The van der Waals surface area contributed by atoms with Crippen molar-refractivity contribution in [2.24, 2.45) is 0 Å². The number of anilines is 1. The number of carbonyl (C=O) groups is 1. The van der Waals surface area contributed by atoms with Gasteiger partial charge < -0.3 is 5.32 Å². The van der Waals surface area contributed by atoms with Gasteiger partial charge in [0.25, 0.3) is 5.91 Å². The maximum Gasteiger partial charge on any atom is 0.257 e. The fourth-order valence-corrected chi connectivity index (χ4v) is 1.90. The van der Waals surface area contributed by atoms with E-state index in [1.807, 2.05) is 0 Å². The lowest BCUT2D eigenvalue weighted by Gasteiger charge is -2.06. The van der Waals surface area contributed by atoms with Gasteiger partial charge in [0, 0.05) is 6.20 Å². The number of halogens is 1. The van der Waals surface area contributed by atoms with E-state index < -0.39 is 5.82 Å². The Balaban J connectivity index is 1.92. The zero-order valence-electron chi connectivity index (χ0n) is 10.7. The molecule has 20 heavy (non-hydrogen) atoms. The molecule has 0 fully saturated rings. The molecule has 0 radical (unpaired) electrons. The Kier molecular flexibility index (Phi) is 2.90. The van der Waals surface area contributed by atoms with Crippen LogP contribution < -0.4 is 5.32 Å². The van der Waals surface area contributed by atoms with Crippen LogP contribution in [0.2, 0.25) is 0 Å². The number of para-hydroxylation sites is 1. The fourth-order valence-electron chi connectivity index (χ4n) is 1.90. The van der Waals surface area contributed by atoms with Gasteiger partial charge in [-0.15, -0.1) is 10.2 Å². The van der Waals surface area contributed by atoms with E-state index in [9.17, 15) is 9.18 Å². The van der Waals surface area contributed by atoms with Crippen molar-refractivity contribution in [1.82, 2.24) is 14.6 Å². The van der Waals surface area contributed by atoms with Gasteiger partial charge in [-0.2, -0.15) is 0 Å². The molecule has 2 aromatic heterocycles. The number of pyridine rings is 1. The molecule has 1 aromatic carbocycles. The SMILES string of the molecule is Cc1nnc2ccc(C(=O)Nc3ccccc3F)cn12. The van der Waals surface area contributed by atoms with Gasteiger partial charge in [-0.05, 0) is 31.2 Å². The first kappa shape index (κ1) is 12.3. The minimum Gasteiger partial charge on any atom is -0.319 e. The van der Waals surface area contributed by atoms with E-state index in [1.165, 1.54) is 12.1 Å². The number of aromatic nitrogens is 3. The van der Waals surface area contributed by atoms with E-state index in [0.717, 1.165) is 0 Å². The number of hydrogen-bond donors (Lipinski definition) is 1. The Bertz CT molecular complexity index is 797. The zero-order valence-corrected chi connectivity index (χ0v) is 10.7. The highest BCUT2D eigenvalue weighted by Crippen LogP contribution is 2.14. The second-order valence-corrected chi connectivity index (χ2v) is 4.33. The van der Waals surface area contributed by atoms with Gasteiger partial charge in [-0.3, -0.25) is 9.20 Å². The van der Waals surface area contributed by atoms with Crippen LogP contribution in [-0.4, -0.2) is 20.5 Å². The summed E-state index contributed by atoms with van der Waals surface area (Å²) in [5.74, 6) is -0.173. The van der Waals surface area contributed by atoms with E-state index >= 15 is 0 Å². The summed E-state index contributed by atoms with van der Waals surface area (Å²) in [4.78, 5) is 12.1. The van der Waals surface area contributed by atoms with Crippen molar-refractivity contribution >= 4 is 17.2 Å². The zero-order chi connectivity index (χ0) is 14.1. The molecule has 6 heteroatoms. The van der Waals surface area contributed by atoms with Crippen molar-refractivity contribution < 1.29 is 9.18 Å². The Hall–Kier alpha value is -2.76. The van der Waals surface area contributed by atoms with Crippen LogP contribution in [0, 0.1) is 12.7 Å². The summed E-state index contributed by atoms with van der Waals surface area (Å²) < 4.78 is 15.2. The molecule has 0 bridgehead atoms. The molecule has 3 rings (SSSR count). The predicted octanol–water partition coefficient (Wildman–Crippen LogP) is 2.43. The van der Waals surface area contributed by atoms with Gasteiger partial charge in [0.15, 0.2) is 5.65 Å². The Morgan fingerprint density at radius 2 is 2.00 bits per heavy atom. The van der Waals surface area contributed by atoms with Gasteiger partial charge in [0.1, 0.15) is 11.6 Å². The van der Waals surface area contributed by atoms with Crippen molar-refractivity contribution in [2.45, 2.75) is 6.92 Å². The highest BCUT2D eigenvalue weighted by atomic mass is 19.1. The van der Waals surface area contributed by atoms with E-state index in [1.54, 1.807) is 41.8 Å². The number of nitrogens with one attached hydrogen (secondary N) is 1.